The molecule has 0 saturated heterocycles. The van der Waals surface area contributed by atoms with E-state index in [1.165, 1.54) is 12.5 Å². The molecule has 0 aliphatic carbocycles. The van der Waals surface area contributed by atoms with Crippen LogP contribution in [-0.2, 0) is 0 Å². The Morgan fingerprint density at radius 2 is 1.91 bits per heavy atom. The number of halogens is 3. The summed E-state index contributed by atoms with van der Waals surface area (Å²) >= 11 is 6.61. The molecule has 0 spiro atoms. The maximum absolute atomic E-state index is 11.5. The van der Waals surface area contributed by atoms with Gasteiger partial charge in [0, 0.05) is 34.1 Å². The molecule has 0 aliphatic rings. The van der Waals surface area contributed by atoms with Crippen molar-refractivity contribution in [3.05, 3.63) is 58.3 Å². The number of aryl methyl sites for hydroxylation is 1. The van der Waals surface area contributed by atoms with Crippen LogP contribution in [0.5, 0.6) is 5.75 Å². The van der Waals surface area contributed by atoms with Gasteiger partial charge in [-0.25, -0.2) is 19.4 Å². The van der Waals surface area contributed by atoms with E-state index in [0.29, 0.717) is 44.4 Å². The zero-order chi connectivity index (χ0) is 23.2. The summed E-state index contributed by atoms with van der Waals surface area (Å²) in [6.07, 6.45) is 4.28. The molecule has 9 nitrogen and oxygen atoms in total. The molecule has 4 rings (SSSR count). The number of aromatic nitrogens is 5. The van der Waals surface area contributed by atoms with Crippen LogP contribution in [0.15, 0.2) is 30.9 Å². The number of benzene rings is 1. The van der Waals surface area contributed by atoms with Gasteiger partial charge in [-0.2, -0.15) is 5.10 Å². The number of anilines is 1. The van der Waals surface area contributed by atoms with Crippen LogP contribution in [0, 0.1) is 13.8 Å². The van der Waals surface area contributed by atoms with Crippen molar-refractivity contribution >= 4 is 59.2 Å². The van der Waals surface area contributed by atoms with E-state index < -0.39 is 5.97 Å². The predicted octanol–water partition coefficient (Wildman–Crippen LogP) is 4.90. The molecule has 0 saturated carbocycles. The first-order valence-electron chi connectivity index (χ1n) is 9.75. The summed E-state index contributed by atoms with van der Waals surface area (Å²) in [6.45, 7) is 5.64. The topological polar surface area (TPSA) is 129 Å². The zero-order valence-corrected chi connectivity index (χ0v) is 21.1. The molecule has 1 unspecified atom stereocenters. The smallest absolute Gasteiger partial charge is 0.337 e. The van der Waals surface area contributed by atoms with Gasteiger partial charge in [-0.15, -0.1) is 24.8 Å². The summed E-state index contributed by atoms with van der Waals surface area (Å²) in [4.78, 5) is 24.0. The predicted molar refractivity (Wildman–Crippen MR) is 136 cm³/mol. The monoisotopic (exact) mass is 524 g/mol. The van der Waals surface area contributed by atoms with Crippen molar-refractivity contribution in [3.63, 3.8) is 0 Å². The number of hydrogen-bond donors (Lipinski definition) is 2. The zero-order valence-electron chi connectivity index (χ0n) is 18.7. The van der Waals surface area contributed by atoms with Gasteiger partial charge in [-0.1, -0.05) is 11.6 Å². The highest BCUT2D eigenvalue weighted by Crippen LogP contribution is 2.43. The number of nitrogen functional groups attached to an aromatic ring is 1. The van der Waals surface area contributed by atoms with E-state index in [1.807, 2.05) is 26.8 Å². The summed E-state index contributed by atoms with van der Waals surface area (Å²) < 4.78 is 7.57. The van der Waals surface area contributed by atoms with E-state index in [9.17, 15) is 9.90 Å². The van der Waals surface area contributed by atoms with Crippen LogP contribution in [0.2, 0.25) is 5.02 Å². The molecule has 1 aromatic carbocycles. The van der Waals surface area contributed by atoms with Crippen LogP contribution in [-0.4, -0.2) is 42.9 Å². The van der Waals surface area contributed by atoms with E-state index in [0.717, 1.165) is 11.1 Å². The second-order valence-electron chi connectivity index (χ2n) is 7.41. The Hall–Kier alpha value is -3.14. The third kappa shape index (κ3) is 4.46. The molecule has 0 radical (unpaired) electrons. The second kappa shape index (κ2) is 10.4. The summed E-state index contributed by atoms with van der Waals surface area (Å²) in [7, 11) is 1.56. The first kappa shape index (κ1) is 27.1. The number of carbonyl (C=O) groups is 1. The summed E-state index contributed by atoms with van der Waals surface area (Å²) in [5, 5.41) is 15.2. The second-order valence-corrected chi connectivity index (χ2v) is 7.82. The standard InChI is InChI=1S/C22H21ClN6O3.2ClH/c1-10-16(23)6-15(12(3)29-21-18(11(2)28-29)20(24)26-9-27-21)19(32-4)17(10)13-5-14(22(30)31)8-25-7-13;;/h5-9,12H,1-4H3,(H,30,31)(H2,24,26,27);2*1H. The number of carboxylic acids is 1. The molecule has 0 amide bonds. The van der Waals surface area contributed by atoms with Crippen molar-refractivity contribution in [2.24, 2.45) is 0 Å². The van der Waals surface area contributed by atoms with Gasteiger partial charge in [-0.3, -0.25) is 4.98 Å². The number of rotatable bonds is 5. The van der Waals surface area contributed by atoms with Gasteiger partial charge < -0.3 is 15.6 Å². The molecule has 3 aromatic heterocycles. The van der Waals surface area contributed by atoms with Crippen molar-refractivity contribution in [1.29, 1.82) is 0 Å². The number of fused-ring (bicyclic) bond motifs is 1. The molecule has 0 aliphatic heterocycles. The lowest BCUT2D eigenvalue weighted by atomic mass is 9.94. The van der Waals surface area contributed by atoms with Gasteiger partial charge in [0.2, 0.25) is 0 Å². The van der Waals surface area contributed by atoms with Crippen LogP contribution in [0.3, 0.4) is 0 Å². The van der Waals surface area contributed by atoms with E-state index in [1.54, 1.807) is 24.1 Å². The Morgan fingerprint density at radius 3 is 2.56 bits per heavy atom. The maximum atomic E-state index is 11.5. The Kier molecular flexibility index (Phi) is 8.31. The number of hydrogen-bond acceptors (Lipinski definition) is 7. The molecule has 180 valence electrons. The highest BCUT2D eigenvalue weighted by atomic mass is 35.5. The third-order valence-electron chi connectivity index (χ3n) is 5.49. The Bertz CT molecular complexity index is 1380. The van der Waals surface area contributed by atoms with Gasteiger partial charge in [0.1, 0.15) is 17.9 Å². The SMILES string of the molecule is COc1c(C(C)n2nc(C)c3c(N)ncnc32)cc(Cl)c(C)c1-c1cncc(C(=O)O)c1.Cl.Cl. The highest BCUT2D eigenvalue weighted by Gasteiger charge is 2.25. The van der Waals surface area contributed by atoms with Crippen molar-refractivity contribution in [3.8, 4) is 16.9 Å². The molecule has 0 bridgehead atoms. The van der Waals surface area contributed by atoms with Gasteiger partial charge in [0.25, 0.3) is 0 Å². The number of pyridine rings is 1. The van der Waals surface area contributed by atoms with Crippen molar-refractivity contribution < 1.29 is 14.6 Å². The molecular weight excluding hydrogens is 503 g/mol. The Balaban J connectivity index is 0.00000204. The fraction of sp³-hybridized carbons (Fsp3) is 0.227. The van der Waals surface area contributed by atoms with Gasteiger partial charge >= 0.3 is 5.97 Å². The van der Waals surface area contributed by atoms with Crippen LogP contribution in [0.4, 0.5) is 5.82 Å². The lowest BCUT2D eigenvalue weighted by Crippen LogP contribution is -2.12. The fourth-order valence-corrected chi connectivity index (χ4v) is 4.10. The van der Waals surface area contributed by atoms with E-state index in [4.69, 9.17) is 22.1 Å². The molecule has 3 N–H and O–H groups in total. The van der Waals surface area contributed by atoms with Gasteiger partial charge in [0.15, 0.2) is 5.65 Å². The van der Waals surface area contributed by atoms with Gasteiger partial charge in [0.05, 0.1) is 29.8 Å². The number of nitrogens with zero attached hydrogens (tertiary/aromatic N) is 5. The third-order valence-corrected chi connectivity index (χ3v) is 5.89. The van der Waals surface area contributed by atoms with E-state index >= 15 is 0 Å². The number of methoxy groups -OCH3 is 1. The summed E-state index contributed by atoms with van der Waals surface area (Å²) in [5.74, 6) is -0.161. The number of aromatic carboxylic acids is 1. The van der Waals surface area contributed by atoms with Crippen LogP contribution < -0.4 is 10.5 Å². The molecular formula is C22H23Cl3N6O3. The number of carboxylic acid groups (broad SMARTS) is 1. The molecule has 0 fully saturated rings. The average Bonchev–Trinajstić information content (AvgIpc) is 3.12. The summed E-state index contributed by atoms with van der Waals surface area (Å²) in [6, 6.07) is 3.04. The molecule has 1 atom stereocenters. The average molecular weight is 526 g/mol. The van der Waals surface area contributed by atoms with E-state index in [-0.39, 0.29) is 36.4 Å². The van der Waals surface area contributed by atoms with Crippen LogP contribution in [0.1, 0.15) is 40.1 Å². The lowest BCUT2D eigenvalue weighted by Gasteiger charge is -2.22. The fourth-order valence-electron chi connectivity index (χ4n) is 3.89. The molecule has 4 aromatic rings. The van der Waals surface area contributed by atoms with Crippen LogP contribution >= 0.6 is 36.4 Å². The van der Waals surface area contributed by atoms with Crippen LogP contribution in [0.25, 0.3) is 22.2 Å². The molecule has 3 heterocycles. The number of nitrogens with two attached hydrogens (primary N) is 1. The Morgan fingerprint density at radius 1 is 1.21 bits per heavy atom. The molecule has 34 heavy (non-hydrogen) atoms. The Labute approximate surface area is 213 Å². The normalized spacial score (nSPS) is 11.4. The van der Waals surface area contributed by atoms with Crippen molar-refractivity contribution in [2.75, 3.05) is 12.8 Å². The summed E-state index contributed by atoms with van der Waals surface area (Å²) in [5.41, 5.74) is 10.2. The minimum Gasteiger partial charge on any atom is -0.496 e. The van der Waals surface area contributed by atoms with E-state index in [2.05, 4.69) is 20.1 Å². The largest absolute Gasteiger partial charge is 0.496 e. The minimum absolute atomic E-state index is 0. The maximum Gasteiger partial charge on any atom is 0.337 e. The van der Waals surface area contributed by atoms with Crippen molar-refractivity contribution in [2.45, 2.75) is 26.8 Å². The van der Waals surface area contributed by atoms with Gasteiger partial charge in [-0.05, 0) is 38.5 Å². The minimum atomic E-state index is -1.07. The lowest BCUT2D eigenvalue weighted by molar-refractivity contribution is 0.0696. The first-order valence-corrected chi connectivity index (χ1v) is 10.1. The molecule has 12 heteroatoms. The quantitative estimate of drug-likeness (QED) is 0.376. The highest BCUT2D eigenvalue weighted by molar-refractivity contribution is 6.32. The first-order chi connectivity index (χ1) is 15.2. The number of ether oxygens (including phenoxy) is 1. The van der Waals surface area contributed by atoms with Crippen molar-refractivity contribution in [1.82, 2.24) is 24.7 Å².